The zero-order valence-corrected chi connectivity index (χ0v) is 14.7. The fourth-order valence-electron chi connectivity index (χ4n) is 3.28. The maximum Gasteiger partial charge on any atom is 0.115 e. The Hall–Kier alpha value is -1.82. The number of aromatic nitrogens is 2. The SMILES string of the molecule is CN1CCC(NC(c2cccnc2)c2nc3ccccc3s2)CC1. The van der Waals surface area contributed by atoms with Gasteiger partial charge in [0.2, 0.25) is 0 Å². The molecular formula is C19H22N4S. The van der Waals surface area contributed by atoms with E-state index in [1.807, 2.05) is 18.5 Å². The van der Waals surface area contributed by atoms with Gasteiger partial charge in [-0.05, 0) is 56.7 Å². The monoisotopic (exact) mass is 338 g/mol. The van der Waals surface area contributed by atoms with Crippen LogP contribution in [-0.4, -0.2) is 41.0 Å². The Labute approximate surface area is 146 Å². The minimum Gasteiger partial charge on any atom is -0.306 e. The summed E-state index contributed by atoms with van der Waals surface area (Å²) in [6.45, 7) is 2.30. The van der Waals surface area contributed by atoms with Crippen molar-refractivity contribution >= 4 is 21.6 Å². The van der Waals surface area contributed by atoms with Gasteiger partial charge in [0.25, 0.3) is 0 Å². The molecule has 24 heavy (non-hydrogen) atoms. The van der Waals surface area contributed by atoms with Crippen LogP contribution in [0.4, 0.5) is 0 Å². The van der Waals surface area contributed by atoms with E-state index >= 15 is 0 Å². The number of likely N-dealkylation sites (tertiary alicyclic amines) is 1. The lowest BCUT2D eigenvalue weighted by molar-refractivity contribution is 0.229. The molecule has 1 aromatic carbocycles. The number of nitrogens with zero attached hydrogens (tertiary/aromatic N) is 3. The van der Waals surface area contributed by atoms with Gasteiger partial charge in [0.15, 0.2) is 0 Å². The van der Waals surface area contributed by atoms with E-state index in [-0.39, 0.29) is 6.04 Å². The molecule has 4 nitrogen and oxygen atoms in total. The van der Waals surface area contributed by atoms with Crippen LogP contribution >= 0.6 is 11.3 Å². The summed E-state index contributed by atoms with van der Waals surface area (Å²) in [6, 6.07) is 13.2. The lowest BCUT2D eigenvalue weighted by Gasteiger charge is -2.32. The van der Waals surface area contributed by atoms with Gasteiger partial charge in [-0.15, -0.1) is 11.3 Å². The third kappa shape index (κ3) is 3.34. The van der Waals surface area contributed by atoms with E-state index in [2.05, 4.69) is 52.6 Å². The van der Waals surface area contributed by atoms with Crippen molar-refractivity contribution in [2.75, 3.05) is 20.1 Å². The lowest BCUT2D eigenvalue weighted by Crippen LogP contribution is -2.42. The van der Waals surface area contributed by atoms with Crippen molar-refractivity contribution in [1.82, 2.24) is 20.2 Å². The number of piperidine rings is 1. The largest absolute Gasteiger partial charge is 0.306 e. The van der Waals surface area contributed by atoms with Crippen LogP contribution < -0.4 is 5.32 Å². The molecule has 1 fully saturated rings. The Kier molecular flexibility index (Phi) is 4.56. The Morgan fingerprint density at radius 3 is 2.75 bits per heavy atom. The van der Waals surface area contributed by atoms with Gasteiger partial charge in [-0.1, -0.05) is 18.2 Å². The summed E-state index contributed by atoms with van der Waals surface area (Å²) in [5.41, 5.74) is 2.27. The highest BCUT2D eigenvalue weighted by Crippen LogP contribution is 2.31. The average molecular weight is 338 g/mol. The van der Waals surface area contributed by atoms with E-state index < -0.39 is 0 Å². The van der Waals surface area contributed by atoms with Gasteiger partial charge in [-0.25, -0.2) is 4.98 Å². The number of hydrogen-bond acceptors (Lipinski definition) is 5. The highest BCUT2D eigenvalue weighted by molar-refractivity contribution is 7.18. The topological polar surface area (TPSA) is 41.0 Å². The van der Waals surface area contributed by atoms with Crippen molar-refractivity contribution in [2.24, 2.45) is 0 Å². The number of fused-ring (bicyclic) bond motifs is 1. The maximum atomic E-state index is 4.89. The second kappa shape index (κ2) is 6.97. The molecule has 3 aromatic rings. The van der Waals surface area contributed by atoms with Crippen molar-refractivity contribution < 1.29 is 0 Å². The molecule has 1 aliphatic heterocycles. The number of pyridine rings is 1. The van der Waals surface area contributed by atoms with Gasteiger partial charge in [0.05, 0.1) is 16.3 Å². The first-order valence-electron chi connectivity index (χ1n) is 8.49. The molecule has 0 radical (unpaired) electrons. The van der Waals surface area contributed by atoms with Crippen molar-refractivity contribution in [3.63, 3.8) is 0 Å². The van der Waals surface area contributed by atoms with Crippen LogP contribution in [0.15, 0.2) is 48.8 Å². The van der Waals surface area contributed by atoms with Crippen molar-refractivity contribution in [3.8, 4) is 0 Å². The van der Waals surface area contributed by atoms with Gasteiger partial charge in [0.1, 0.15) is 5.01 Å². The molecule has 1 atom stereocenters. The van der Waals surface area contributed by atoms with Crippen LogP contribution in [0.3, 0.4) is 0 Å². The molecule has 1 saturated heterocycles. The number of para-hydroxylation sites is 1. The Bertz CT molecular complexity index is 760. The maximum absolute atomic E-state index is 4.89. The first-order valence-corrected chi connectivity index (χ1v) is 9.31. The number of rotatable bonds is 4. The van der Waals surface area contributed by atoms with Crippen LogP contribution in [0.1, 0.15) is 29.5 Å². The standard InChI is InChI=1S/C19H22N4S/c1-23-11-8-15(9-12-23)21-18(14-5-4-10-20-13-14)19-22-16-6-2-3-7-17(16)24-19/h2-7,10,13,15,18,21H,8-9,11-12H2,1H3. The molecule has 0 bridgehead atoms. The van der Waals surface area contributed by atoms with Crippen molar-refractivity contribution in [2.45, 2.75) is 24.9 Å². The Morgan fingerprint density at radius 2 is 2.00 bits per heavy atom. The van der Waals surface area contributed by atoms with E-state index in [0.717, 1.165) is 23.6 Å². The molecule has 4 rings (SSSR count). The van der Waals surface area contributed by atoms with E-state index in [1.165, 1.54) is 23.1 Å². The van der Waals surface area contributed by atoms with E-state index in [9.17, 15) is 0 Å². The minimum absolute atomic E-state index is 0.115. The Balaban J connectivity index is 1.65. The number of benzene rings is 1. The molecule has 5 heteroatoms. The average Bonchev–Trinajstić information content (AvgIpc) is 3.06. The van der Waals surface area contributed by atoms with Gasteiger partial charge in [-0.2, -0.15) is 0 Å². The number of nitrogens with one attached hydrogen (secondary N) is 1. The van der Waals surface area contributed by atoms with Crippen molar-refractivity contribution in [3.05, 3.63) is 59.4 Å². The number of hydrogen-bond donors (Lipinski definition) is 1. The van der Waals surface area contributed by atoms with Crippen LogP contribution in [0, 0.1) is 0 Å². The van der Waals surface area contributed by atoms with Crippen LogP contribution in [-0.2, 0) is 0 Å². The van der Waals surface area contributed by atoms with Crippen LogP contribution in [0.2, 0.25) is 0 Å². The molecule has 2 aromatic heterocycles. The third-order valence-corrected chi connectivity index (χ3v) is 5.80. The van der Waals surface area contributed by atoms with Crippen molar-refractivity contribution in [1.29, 1.82) is 0 Å². The van der Waals surface area contributed by atoms with Gasteiger partial charge in [-0.3, -0.25) is 4.98 Å². The molecule has 0 saturated carbocycles. The zero-order valence-electron chi connectivity index (χ0n) is 13.9. The Morgan fingerprint density at radius 1 is 1.17 bits per heavy atom. The van der Waals surface area contributed by atoms with E-state index in [1.54, 1.807) is 11.3 Å². The normalized spacial score (nSPS) is 18.0. The molecule has 1 aliphatic rings. The third-order valence-electron chi connectivity index (χ3n) is 4.70. The van der Waals surface area contributed by atoms with Gasteiger partial charge in [0, 0.05) is 18.4 Å². The van der Waals surface area contributed by atoms with Gasteiger partial charge < -0.3 is 10.2 Å². The van der Waals surface area contributed by atoms with E-state index in [0.29, 0.717) is 6.04 Å². The minimum atomic E-state index is 0.115. The molecule has 124 valence electrons. The lowest BCUT2D eigenvalue weighted by atomic mass is 10.0. The highest BCUT2D eigenvalue weighted by Gasteiger charge is 2.24. The van der Waals surface area contributed by atoms with Crippen LogP contribution in [0.5, 0.6) is 0 Å². The fraction of sp³-hybridized carbons (Fsp3) is 0.368. The van der Waals surface area contributed by atoms with Crippen LogP contribution in [0.25, 0.3) is 10.2 Å². The summed E-state index contributed by atoms with van der Waals surface area (Å²) in [7, 11) is 2.20. The smallest absolute Gasteiger partial charge is 0.115 e. The van der Waals surface area contributed by atoms with Gasteiger partial charge >= 0.3 is 0 Å². The fourth-order valence-corrected chi connectivity index (χ4v) is 4.34. The molecule has 1 unspecified atom stereocenters. The second-order valence-corrected chi connectivity index (χ2v) is 7.55. The summed E-state index contributed by atoms with van der Waals surface area (Å²) in [5, 5.41) is 4.98. The summed E-state index contributed by atoms with van der Waals surface area (Å²) in [6.07, 6.45) is 6.14. The second-order valence-electron chi connectivity index (χ2n) is 6.48. The summed E-state index contributed by atoms with van der Waals surface area (Å²) in [4.78, 5) is 11.6. The predicted molar refractivity (Wildman–Crippen MR) is 99.4 cm³/mol. The first kappa shape index (κ1) is 15.7. The van der Waals surface area contributed by atoms with E-state index in [4.69, 9.17) is 4.98 Å². The molecule has 0 amide bonds. The molecule has 0 aliphatic carbocycles. The molecule has 3 heterocycles. The molecule has 0 spiro atoms. The first-order chi connectivity index (χ1) is 11.8. The summed E-state index contributed by atoms with van der Waals surface area (Å²) >= 11 is 1.78. The molecular weight excluding hydrogens is 316 g/mol. The predicted octanol–water partition coefficient (Wildman–Crippen LogP) is 3.46. The summed E-state index contributed by atoms with van der Waals surface area (Å²) < 4.78 is 1.24. The summed E-state index contributed by atoms with van der Waals surface area (Å²) in [5.74, 6) is 0. The molecule has 1 N–H and O–H groups in total. The quantitative estimate of drug-likeness (QED) is 0.791. The number of thiazole rings is 1. The highest BCUT2D eigenvalue weighted by atomic mass is 32.1. The zero-order chi connectivity index (χ0) is 16.4.